The number of anilines is 1. The Balaban J connectivity index is 1.58. The first-order valence-electron chi connectivity index (χ1n) is 8.57. The molecule has 0 spiro atoms. The first kappa shape index (κ1) is 18.2. The summed E-state index contributed by atoms with van der Waals surface area (Å²) in [7, 11) is 1.59. The average Bonchev–Trinajstić information content (AvgIpc) is 3.17. The van der Waals surface area contributed by atoms with E-state index >= 15 is 0 Å². The summed E-state index contributed by atoms with van der Waals surface area (Å²) in [5, 5.41) is 3.62. The maximum absolute atomic E-state index is 12.3. The number of ether oxygens (including phenoxy) is 1. The minimum atomic E-state index is -0.137. The van der Waals surface area contributed by atoms with Crippen molar-refractivity contribution < 1.29 is 14.3 Å². The molecule has 3 rings (SSSR count). The molecule has 1 aromatic heterocycles. The highest BCUT2D eigenvalue weighted by molar-refractivity contribution is 7.15. The van der Waals surface area contributed by atoms with Gasteiger partial charge in [0.05, 0.1) is 12.0 Å². The van der Waals surface area contributed by atoms with Gasteiger partial charge in [0, 0.05) is 18.8 Å². The molecule has 5 nitrogen and oxygen atoms in total. The number of likely N-dealkylation sites (tertiary alicyclic amines) is 1. The molecule has 6 heteroatoms. The molecule has 0 saturated carbocycles. The van der Waals surface area contributed by atoms with Crippen LogP contribution in [0.1, 0.15) is 34.0 Å². The summed E-state index contributed by atoms with van der Waals surface area (Å²) in [6, 6.07) is 11.5. The molecule has 2 aromatic rings. The Labute approximate surface area is 157 Å². The van der Waals surface area contributed by atoms with E-state index in [0.717, 1.165) is 31.6 Å². The Morgan fingerprint density at radius 3 is 2.46 bits per heavy atom. The molecule has 0 atom stereocenters. The van der Waals surface area contributed by atoms with Crippen molar-refractivity contribution >= 4 is 28.8 Å². The van der Waals surface area contributed by atoms with E-state index in [9.17, 15) is 9.59 Å². The minimum absolute atomic E-state index is 0.00622. The first-order chi connectivity index (χ1) is 12.6. The van der Waals surface area contributed by atoms with Crippen LogP contribution in [0.5, 0.6) is 5.06 Å². The monoisotopic (exact) mass is 370 g/mol. The maximum Gasteiger partial charge on any atom is 0.265 e. The van der Waals surface area contributed by atoms with Crippen LogP contribution in [-0.4, -0.2) is 36.9 Å². The molecule has 1 aliphatic rings. The molecule has 26 heavy (non-hydrogen) atoms. The highest BCUT2D eigenvalue weighted by atomic mass is 32.1. The fourth-order valence-corrected chi connectivity index (χ4v) is 3.86. The van der Waals surface area contributed by atoms with Crippen LogP contribution in [0.15, 0.2) is 49.1 Å². The predicted octanol–water partition coefficient (Wildman–Crippen LogP) is 3.90. The third-order valence-corrected chi connectivity index (χ3v) is 5.67. The molecule has 136 valence electrons. The van der Waals surface area contributed by atoms with Crippen LogP contribution in [0.4, 0.5) is 5.69 Å². The zero-order valence-electron chi connectivity index (χ0n) is 14.7. The molecular formula is C20H22N2O3S. The van der Waals surface area contributed by atoms with Crippen molar-refractivity contribution in [2.24, 2.45) is 0 Å². The number of benzene rings is 1. The van der Waals surface area contributed by atoms with Crippen LogP contribution in [0, 0.1) is 0 Å². The number of hydrogen-bond donors (Lipinski definition) is 1. The number of hydrogen-bond acceptors (Lipinski definition) is 4. The molecular weight excluding hydrogens is 348 g/mol. The van der Waals surface area contributed by atoms with E-state index in [-0.39, 0.29) is 11.8 Å². The second kappa shape index (κ2) is 8.19. The third kappa shape index (κ3) is 4.14. The van der Waals surface area contributed by atoms with Crippen molar-refractivity contribution in [3.8, 4) is 5.06 Å². The number of thiophene rings is 1. The van der Waals surface area contributed by atoms with Gasteiger partial charge in [0.2, 0.25) is 5.91 Å². The van der Waals surface area contributed by atoms with Crippen molar-refractivity contribution in [1.82, 2.24) is 4.90 Å². The maximum atomic E-state index is 12.3. The zero-order valence-corrected chi connectivity index (χ0v) is 15.6. The average molecular weight is 370 g/mol. The summed E-state index contributed by atoms with van der Waals surface area (Å²) >= 11 is 1.32. The van der Waals surface area contributed by atoms with Crippen LogP contribution in [0.3, 0.4) is 0 Å². The molecule has 1 fully saturated rings. The van der Waals surface area contributed by atoms with Gasteiger partial charge in [-0.3, -0.25) is 9.59 Å². The van der Waals surface area contributed by atoms with E-state index in [1.807, 2.05) is 17.0 Å². The van der Waals surface area contributed by atoms with E-state index in [4.69, 9.17) is 4.74 Å². The molecule has 0 bridgehead atoms. The molecule has 1 saturated heterocycles. The quantitative estimate of drug-likeness (QED) is 0.812. The summed E-state index contributed by atoms with van der Waals surface area (Å²) in [5.74, 6) is 0.309. The fraction of sp³-hybridized carbons (Fsp3) is 0.300. The second-order valence-corrected chi connectivity index (χ2v) is 7.25. The lowest BCUT2D eigenvalue weighted by Gasteiger charge is -2.31. The standard InChI is InChI=1S/C20H22N2O3S/c1-3-18(23)22-12-10-15(11-13-22)14-4-6-16(7-5-14)21-20(24)17-8-9-19(25-2)26-17/h3-9,15H,1,10-13H2,2H3,(H,21,24). The summed E-state index contributed by atoms with van der Waals surface area (Å²) < 4.78 is 5.12. The number of carbonyl (C=O) groups excluding carboxylic acids is 2. The van der Waals surface area contributed by atoms with Crippen LogP contribution >= 0.6 is 11.3 Å². The summed E-state index contributed by atoms with van der Waals surface area (Å²) in [6.45, 7) is 5.06. The normalized spacial score (nSPS) is 14.7. The van der Waals surface area contributed by atoms with Crippen LogP contribution in [-0.2, 0) is 4.79 Å². The highest BCUT2D eigenvalue weighted by Crippen LogP contribution is 2.29. The third-order valence-electron chi connectivity index (χ3n) is 4.63. The Morgan fingerprint density at radius 2 is 1.88 bits per heavy atom. The van der Waals surface area contributed by atoms with Crippen LogP contribution in [0.2, 0.25) is 0 Å². The highest BCUT2D eigenvalue weighted by Gasteiger charge is 2.22. The largest absolute Gasteiger partial charge is 0.487 e. The Hall–Kier alpha value is -2.60. The van der Waals surface area contributed by atoms with Gasteiger partial charge in [-0.2, -0.15) is 0 Å². The van der Waals surface area contributed by atoms with E-state index in [1.54, 1.807) is 19.2 Å². The number of carbonyl (C=O) groups is 2. The van der Waals surface area contributed by atoms with Crippen molar-refractivity contribution in [2.45, 2.75) is 18.8 Å². The van der Waals surface area contributed by atoms with Gasteiger partial charge < -0.3 is 15.0 Å². The number of piperidine rings is 1. The van der Waals surface area contributed by atoms with Crippen LogP contribution in [0.25, 0.3) is 0 Å². The summed E-state index contributed by atoms with van der Waals surface area (Å²) in [4.78, 5) is 26.4. The number of methoxy groups -OCH3 is 1. The molecule has 2 amide bonds. The van der Waals surface area contributed by atoms with Gasteiger partial charge in [-0.25, -0.2) is 0 Å². The van der Waals surface area contributed by atoms with Crippen molar-refractivity contribution in [2.75, 3.05) is 25.5 Å². The molecule has 0 radical (unpaired) electrons. The summed E-state index contributed by atoms with van der Waals surface area (Å²) in [6.07, 6.45) is 3.27. The molecule has 0 unspecified atom stereocenters. The number of nitrogens with zero attached hydrogens (tertiary/aromatic N) is 1. The molecule has 2 heterocycles. The van der Waals surface area contributed by atoms with Crippen molar-refractivity contribution in [1.29, 1.82) is 0 Å². The number of rotatable bonds is 5. The van der Waals surface area contributed by atoms with E-state index < -0.39 is 0 Å². The molecule has 1 N–H and O–H groups in total. The van der Waals surface area contributed by atoms with Crippen molar-refractivity contribution in [3.05, 3.63) is 59.5 Å². The lowest BCUT2D eigenvalue weighted by atomic mass is 9.89. The topological polar surface area (TPSA) is 58.6 Å². The molecule has 1 aliphatic heterocycles. The van der Waals surface area contributed by atoms with E-state index in [2.05, 4.69) is 24.0 Å². The Bertz CT molecular complexity index is 790. The van der Waals surface area contributed by atoms with Crippen molar-refractivity contribution in [3.63, 3.8) is 0 Å². The lowest BCUT2D eigenvalue weighted by molar-refractivity contribution is -0.127. The second-order valence-electron chi connectivity index (χ2n) is 6.20. The van der Waals surface area contributed by atoms with Gasteiger partial charge in [-0.15, -0.1) is 0 Å². The van der Waals surface area contributed by atoms with Gasteiger partial charge in [0.15, 0.2) is 5.06 Å². The molecule has 0 aliphatic carbocycles. The first-order valence-corrected chi connectivity index (χ1v) is 9.39. The van der Waals surface area contributed by atoms with Gasteiger partial charge in [0.1, 0.15) is 0 Å². The minimum Gasteiger partial charge on any atom is -0.487 e. The molecule has 1 aromatic carbocycles. The SMILES string of the molecule is C=CC(=O)N1CCC(c2ccc(NC(=O)c3ccc(OC)s3)cc2)CC1. The number of amides is 2. The fourth-order valence-electron chi connectivity index (χ4n) is 3.15. The Morgan fingerprint density at radius 1 is 1.19 bits per heavy atom. The Kier molecular flexibility index (Phi) is 5.73. The van der Waals surface area contributed by atoms with Gasteiger partial charge in [-0.05, 0) is 54.7 Å². The summed E-state index contributed by atoms with van der Waals surface area (Å²) in [5.41, 5.74) is 2.01. The van der Waals surface area contributed by atoms with Gasteiger partial charge in [-0.1, -0.05) is 30.0 Å². The zero-order chi connectivity index (χ0) is 18.5. The number of nitrogens with one attached hydrogen (secondary N) is 1. The lowest BCUT2D eigenvalue weighted by Crippen LogP contribution is -2.36. The van der Waals surface area contributed by atoms with E-state index in [1.165, 1.54) is 23.0 Å². The van der Waals surface area contributed by atoms with Gasteiger partial charge in [0.25, 0.3) is 5.91 Å². The van der Waals surface area contributed by atoms with Gasteiger partial charge >= 0.3 is 0 Å². The smallest absolute Gasteiger partial charge is 0.265 e. The van der Waals surface area contributed by atoms with Crippen LogP contribution < -0.4 is 10.1 Å². The van der Waals surface area contributed by atoms with E-state index in [0.29, 0.717) is 15.9 Å². The predicted molar refractivity (Wildman–Crippen MR) is 104 cm³/mol.